The Labute approximate surface area is 181 Å². The highest BCUT2D eigenvalue weighted by Gasteiger charge is 2.15. The Kier molecular flexibility index (Phi) is 7.27. The summed E-state index contributed by atoms with van der Waals surface area (Å²) in [5.74, 6) is 0.435. The third kappa shape index (κ3) is 6.34. The van der Waals surface area contributed by atoms with Gasteiger partial charge in [0.25, 0.3) is 11.8 Å². The van der Waals surface area contributed by atoms with Gasteiger partial charge < -0.3 is 19.8 Å². The zero-order valence-electron chi connectivity index (χ0n) is 17.9. The summed E-state index contributed by atoms with van der Waals surface area (Å²) < 4.78 is 11.0. The van der Waals surface area contributed by atoms with Crippen molar-refractivity contribution in [2.24, 2.45) is 0 Å². The molecule has 3 aromatic rings. The number of ether oxygens (including phenoxy) is 1. The van der Waals surface area contributed by atoms with Crippen molar-refractivity contribution in [1.82, 2.24) is 10.6 Å². The lowest BCUT2D eigenvalue weighted by molar-refractivity contribution is -0.117. The van der Waals surface area contributed by atoms with Crippen LogP contribution in [0.15, 0.2) is 71.0 Å². The summed E-state index contributed by atoms with van der Waals surface area (Å²) in [6.07, 6.45) is 3.00. The Balaban J connectivity index is 1.63. The standard InChI is InChI=1S/C25H26N2O4/c1-17-6-4-7-20(15-17)24(28)27-22(16-21-8-5-12-30-21)25(29)26-11-13-31-23-10-9-18(2)14-19(23)3/h4-10,12,14-16H,11,13H2,1-3H3,(H,26,29)(H,27,28)/b22-16-. The third-order valence-electron chi connectivity index (χ3n) is 4.58. The first-order valence-corrected chi connectivity index (χ1v) is 10.0. The van der Waals surface area contributed by atoms with E-state index < -0.39 is 5.91 Å². The van der Waals surface area contributed by atoms with E-state index in [1.54, 1.807) is 30.3 Å². The molecule has 3 rings (SSSR count). The average Bonchev–Trinajstić information content (AvgIpc) is 3.25. The first-order chi connectivity index (χ1) is 14.9. The SMILES string of the molecule is Cc1cccc(C(=O)N/C(=C\c2ccco2)C(=O)NCCOc2ccc(C)cc2C)c1. The number of carbonyl (C=O) groups excluding carboxylic acids is 2. The van der Waals surface area contributed by atoms with Gasteiger partial charge in [-0.2, -0.15) is 0 Å². The predicted octanol–water partition coefficient (Wildman–Crippen LogP) is 4.17. The van der Waals surface area contributed by atoms with E-state index in [0.29, 0.717) is 17.9 Å². The lowest BCUT2D eigenvalue weighted by Gasteiger charge is -2.13. The smallest absolute Gasteiger partial charge is 0.268 e. The van der Waals surface area contributed by atoms with Crippen molar-refractivity contribution in [2.75, 3.05) is 13.2 Å². The number of amides is 2. The van der Waals surface area contributed by atoms with Gasteiger partial charge in [-0.3, -0.25) is 9.59 Å². The molecule has 0 saturated carbocycles. The molecule has 0 fully saturated rings. The maximum atomic E-state index is 12.7. The number of aryl methyl sites for hydroxylation is 3. The molecule has 31 heavy (non-hydrogen) atoms. The van der Waals surface area contributed by atoms with Crippen LogP contribution in [-0.4, -0.2) is 25.0 Å². The van der Waals surface area contributed by atoms with Crippen LogP contribution in [0.3, 0.4) is 0 Å². The molecule has 0 aliphatic rings. The van der Waals surface area contributed by atoms with Gasteiger partial charge in [-0.25, -0.2) is 0 Å². The molecular formula is C25H26N2O4. The highest BCUT2D eigenvalue weighted by atomic mass is 16.5. The molecule has 6 heteroatoms. The van der Waals surface area contributed by atoms with E-state index in [0.717, 1.165) is 22.4 Å². The molecule has 2 amide bonds. The van der Waals surface area contributed by atoms with Crippen LogP contribution in [-0.2, 0) is 4.79 Å². The number of carbonyl (C=O) groups is 2. The van der Waals surface area contributed by atoms with Crippen molar-refractivity contribution >= 4 is 17.9 Å². The van der Waals surface area contributed by atoms with Crippen molar-refractivity contribution in [3.8, 4) is 5.75 Å². The van der Waals surface area contributed by atoms with Crippen LogP contribution in [0.2, 0.25) is 0 Å². The molecule has 0 bridgehead atoms. The second-order valence-corrected chi connectivity index (χ2v) is 7.27. The topological polar surface area (TPSA) is 80.6 Å². The third-order valence-corrected chi connectivity index (χ3v) is 4.58. The first kappa shape index (κ1) is 21.9. The van der Waals surface area contributed by atoms with Crippen LogP contribution < -0.4 is 15.4 Å². The lowest BCUT2D eigenvalue weighted by Crippen LogP contribution is -2.36. The molecule has 2 N–H and O–H groups in total. The van der Waals surface area contributed by atoms with E-state index >= 15 is 0 Å². The first-order valence-electron chi connectivity index (χ1n) is 10.0. The number of furan rings is 1. The van der Waals surface area contributed by atoms with Gasteiger partial charge in [-0.05, 0) is 56.7 Å². The number of rotatable bonds is 8. The summed E-state index contributed by atoms with van der Waals surface area (Å²) in [5.41, 5.74) is 3.71. The molecule has 0 aliphatic heterocycles. The van der Waals surface area contributed by atoms with E-state index in [4.69, 9.17) is 9.15 Å². The Morgan fingerprint density at radius 1 is 1.00 bits per heavy atom. The fraction of sp³-hybridized carbons (Fsp3) is 0.200. The molecule has 1 aromatic heterocycles. The molecule has 2 aromatic carbocycles. The molecule has 1 heterocycles. The molecule has 0 atom stereocenters. The van der Waals surface area contributed by atoms with Gasteiger partial charge in [0.1, 0.15) is 23.8 Å². The molecule has 160 valence electrons. The molecule has 0 aliphatic carbocycles. The zero-order valence-corrected chi connectivity index (χ0v) is 17.9. The number of hydrogen-bond acceptors (Lipinski definition) is 4. The maximum Gasteiger partial charge on any atom is 0.268 e. The van der Waals surface area contributed by atoms with Crippen molar-refractivity contribution < 1.29 is 18.7 Å². The van der Waals surface area contributed by atoms with E-state index in [9.17, 15) is 9.59 Å². The summed E-state index contributed by atoms with van der Waals surface area (Å²) in [5, 5.41) is 5.46. The fourth-order valence-corrected chi connectivity index (χ4v) is 3.04. The molecular weight excluding hydrogens is 392 g/mol. The van der Waals surface area contributed by atoms with Gasteiger partial charge in [-0.1, -0.05) is 35.4 Å². The average molecular weight is 418 g/mol. The van der Waals surface area contributed by atoms with Gasteiger partial charge in [0, 0.05) is 11.6 Å². The predicted molar refractivity (Wildman–Crippen MR) is 120 cm³/mol. The van der Waals surface area contributed by atoms with Crippen molar-refractivity contribution in [3.63, 3.8) is 0 Å². The van der Waals surface area contributed by atoms with E-state index in [1.165, 1.54) is 12.3 Å². The Morgan fingerprint density at radius 2 is 1.81 bits per heavy atom. The van der Waals surface area contributed by atoms with E-state index in [1.807, 2.05) is 45.0 Å². The largest absolute Gasteiger partial charge is 0.491 e. The second-order valence-electron chi connectivity index (χ2n) is 7.27. The lowest BCUT2D eigenvalue weighted by atomic mass is 10.1. The molecule has 0 spiro atoms. The van der Waals surface area contributed by atoms with Crippen LogP contribution >= 0.6 is 0 Å². The Morgan fingerprint density at radius 3 is 2.52 bits per heavy atom. The van der Waals surface area contributed by atoms with Crippen LogP contribution in [0, 0.1) is 20.8 Å². The van der Waals surface area contributed by atoms with E-state index in [2.05, 4.69) is 10.6 Å². The minimum atomic E-state index is -0.429. The van der Waals surface area contributed by atoms with Gasteiger partial charge in [0.05, 0.1) is 12.8 Å². The summed E-state index contributed by atoms with van der Waals surface area (Å²) in [7, 11) is 0. The van der Waals surface area contributed by atoms with Gasteiger partial charge in [0.15, 0.2) is 0 Å². The zero-order chi connectivity index (χ0) is 22.2. The Bertz CT molecular complexity index is 1080. The number of hydrogen-bond donors (Lipinski definition) is 2. The highest BCUT2D eigenvalue weighted by molar-refractivity contribution is 6.05. The fourth-order valence-electron chi connectivity index (χ4n) is 3.04. The molecule has 6 nitrogen and oxygen atoms in total. The molecule has 0 radical (unpaired) electrons. The van der Waals surface area contributed by atoms with Gasteiger partial charge >= 0.3 is 0 Å². The van der Waals surface area contributed by atoms with Crippen molar-refractivity contribution in [2.45, 2.75) is 20.8 Å². The van der Waals surface area contributed by atoms with Gasteiger partial charge in [0.2, 0.25) is 0 Å². The normalized spacial score (nSPS) is 11.1. The minimum Gasteiger partial charge on any atom is -0.491 e. The van der Waals surface area contributed by atoms with Crippen LogP contribution in [0.4, 0.5) is 0 Å². The quantitative estimate of drug-likeness (QED) is 0.425. The van der Waals surface area contributed by atoms with Crippen molar-refractivity contribution in [1.29, 1.82) is 0 Å². The van der Waals surface area contributed by atoms with Crippen LogP contribution in [0.1, 0.15) is 32.8 Å². The monoisotopic (exact) mass is 418 g/mol. The number of nitrogens with one attached hydrogen (secondary N) is 2. The maximum absolute atomic E-state index is 12.7. The second kappa shape index (κ2) is 10.3. The van der Waals surface area contributed by atoms with Crippen LogP contribution in [0.5, 0.6) is 5.75 Å². The van der Waals surface area contributed by atoms with Crippen molar-refractivity contribution in [3.05, 3.63) is 94.6 Å². The summed E-state index contributed by atoms with van der Waals surface area (Å²) in [4.78, 5) is 25.4. The van der Waals surface area contributed by atoms with E-state index in [-0.39, 0.29) is 18.1 Å². The van der Waals surface area contributed by atoms with Crippen LogP contribution in [0.25, 0.3) is 6.08 Å². The number of benzene rings is 2. The highest BCUT2D eigenvalue weighted by Crippen LogP contribution is 2.18. The molecule has 0 saturated heterocycles. The minimum absolute atomic E-state index is 0.0907. The summed E-state index contributed by atoms with van der Waals surface area (Å²) in [6.45, 7) is 6.48. The molecule has 0 unspecified atom stereocenters. The Hall–Kier alpha value is -3.80. The summed E-state index contributed by atoms with van der Waals surface area (Å²) >= 11 is 0. The summed E-state index contributed by atoms with van der Waals surface area (Å²) in [6, 6.07) is 16.5. The van der Waals surface area contributed by atoms with Gasteiger partial charge in [-0.15, -0.1) is 0 Å².